The molecule has 0 aliphatic rings. The van der Waals surface area contributed by atoms with Gasteiger partial charge in [-0.15, -0.1) is 13.2 Å². The van der Waals surface area contributed by atoms with Crippen LogP contribution >= 0.6 is 0 Å². The highest BCUT2D eigenvalue weighted by molar-refractivity contribution is 5.72. The number of carboxylic acid groups (broad SMARTS) is 1. The number of carbonyl (C=O) groups is 1. The lowest BCUT2D eigenvalue weighted by Gasteiger charge is -2.14. The number of nitrogens with zero attached hydrogens (tertiary/aromatic N) is 1. The number of benzene rings is 1. The maximum absolute atomic E-state index is 12.2. The first-order valence-corrected chi connectivity index (χ1v) is 5.30. The number of hydrogen-bond acceptors (Lipinski definition) is 3. The molecule has 0 bridgehead atoms. The second-order valence-corrected chi connectivity index (χ2v) is 3.70. The van der Waals surface area contributed by atoms with Crippen LogP contribution in [0.25, 0.3) is 0 Å². The summed E-state index contributed by atoms with van der Waals surface area (Å²) >= 11 is 0. The first-order chi connectivity index (χ1) is 8.76. The summed E-state index contributed by atoms with van der Waals surface area (Å²) < 4.78 is 40.4. The van der Waals surface area contributed by atoms with Crippen LogP contribution in [0, 0.1) is 11.3 Å². The number of halogens is 3. The quantitative estimate of drug-likeness (QED) is 0.915. The van der Waals surface area contributed by atoms with E-state index in [0.717, 1.165) is 6.07 Å². The van der Waals surface area contributed by atoms with Crippen molar-refractivity contribution >= 4 is 5.97 Å². The van der Waals surface area contributed by atoms with Crippen LogP contribution in [0.3, 0.4) is 0 Å². The van der Waals surface area contributed by atoms with E-state index in [0.29, 0.717) is 12.0 Å². The first-order valence-electron chi connectivity index (χ1n) is 5.30. The Morgan fingerprint density at radius 2 is 2.05 bits per heavy atom. The fourth-order valence-electron chi connectivity index (χ4n) is 1.59. The largest absolute Gasteiger partial charge is 0.573 e. The van der Waals surface area contributed by atoms with Gasteiger partial charge in [-0.1, -0.05) is 13.0 Å². The van der Waals surface area contributed by atoms with Gasteiger partial charge in [-0.25, -0.2) is 0 Å². The van der Waals surface area contributed by atoms with Crippen molar-refractivity contribution < 1.29 is 27.8 Å². The molecule has 0 radical (unpaired) electrons. The summed E-state index contributed by atoms with van der Waals surface area (Å²) in [6.07, 6.45) is -5.14. The van der Waals surface area contributed by atoms with E-state index in [4.69, 9.17) is 10.4 Å². The Morgan fingerprint density at radius 1 is 1.42 bits per heavy atom. The van der Waals surface area contributed by atoms with Gasteiger partial charge in [0.2, 0.25) is 0 Å². The molecule has 19 heavy (non-hydrogen) atoms. The molecule has 0 heterocycles. The molecule has 1 rings (SSSR count). The Balaban J connectivity index is 3.32. The molecule has 0 saturated heterocycles. The Labute approximate surface area is 107 Å². The van der Waals surface area contributed by atoms with Crippen LogP contribution in [0.2, 0.25) is 0 Å². The molecule has 0 aliphatic heterocycles. The Bertz CT molecular complexity index is 532. The van der Waals surface area contributed by atoms with Gasteiger partial charge in [0.05, 0.1) is 18.1 Å². The lowest BCUT2D eigenvalue weighted by Crippen LogP contribution is -2.19. The molecule has 0 spiro atoms. The van der Waals surface area contributed by atoms with Crippen molar-refractivity contribution in [2.45, 2.75) is 26.1 Å². The van der Waals surface area contributed by atoms with Gasteiger partial charge in [0.15, 0.2) is 0 Å². The molecule has 0 fully saturated rings. The van der Waals surface area contributed by atoms with Crippen molar-refractivity contribution in [1.82, 2.24) is 0 Å². The summed E-state index contributed by atoms with van der Waals surface area (Å²) in [5.74, 6) is -1.93. The smallest absolute Gasteiger partial charge is 0.481 e. The molecular formula is C12H10F3NO3. The number of hydrogen-bond donors (Lipinski definition) is 1. The molecule has 0 unspecified atom stereocenters. The van der Waals surface area contributed by atoms with Gasteiger partial charge in [0, 0.05) is 5.56 Å². The minimum Gasteiger partial charge on any atom is -0.481 e. The lowest BCUT2D eigenvalue weighted by molar-refractivity contribution is -0.274. The summed E-state index contributed by atoms with van der Waals surface area (Å²) in [6, 6.07) is 3.94. The zero-order valence-electron chi connectivity index (χ0n) is 9.91. The van der Waals surface area contributed by atoms with E-state index >= 15 is 0 Å². The van der Waals surface area contributed by atoms with E-state index < -0.39 is 24.5 Å². The molecular weight excluding hydrogens is 263 g/mol. The van der Waals surface area contributed by atoms with Crippen molar-refractivity contribution in [2.75, 3.05) is 0 Å². The number of ether oxygens (including phenoxy) is 1. The molecule has 1 aromatic carbocycles. The van der Waals surface area contributed by atoms with Gasteiger partial charge < -0.3 is 9.84 Å². The zero-order chi connectivity index (χ0) is 14.6. The molecule has 0 saturated carbocycles. The average molecular weight is 273 g/mol. The normalized spacial score (nSPS) is 10.9. The molecule has 1 aromatic rings. The van der Waals surface area contributed by atoms with E-state index in [1.165, 1.54) is 6.07 Å². The number of carboxylic acids is 1. The molecule has 7 heteroatoms. The van der Waals surface area contributed by atoms with Gasteiger partial charge in [0.25, 0.3) is 0 Å². The van der Waals surface area contributed by atoms with Crippen LogP contribution in [-0.4, -0.2) is 17.4 Å². The highest BCUT2D eigenvalue weighted by atomic mass is 19.4. The lowest BCUT2D eigenvalue weighted by atomic mass is 10.00. The highest BCUT2D eigenvalue weighted by Gasteiger charge is 2.32. The second-order valence-electron chi connectivity index (χ2n) is 3.70. The van der Waals surface area contributed by atoms with Gasteiger partial charge in [-0.2, -0.15) is 5.26 Å². The van der Waals surface area contributed by atoms with Crippen molar-refractivity contribution in [2.24, 2.45) is 0 Å². The van der Waals surface area contributed by atoms with Gasteiger partial charge >= 0.3 is 12.3 Å². The van der Waals surface area contributed by atoms with Crippen LogP contribution in [0.4, 0.5) is 13.2 Å². The van der Waals surface area contributed by atoms with E-state index in [9.17, 15) is 18.0 Å². The third-order valence-electron chi connectivity index (χ3n) is 2.36. The fraction of sp³-hybridized carbons (Fsp3) is 0.333. The zero-order valence-corrected chi connectivity index (χ0v) is 9.91. The topological polar surface area (TPSA) is 70.3 Å². The first kappa shape index (κ1) is 14.8. The Kier molecular flexibility index (Phi) is 4.38. The predicted molar refractivity (Wildman–Crippen MR) is 58.6 cm³/mol. The van der Waals surface area contributed by atoms with E-state index in [-0.39, 0.29) is 11.1 Å². The van der Waals surface area contributed by atoms with Crippen LogP contribution in [0.15, 0.2) is 12.1 Å². The maximum atomic E-state index is 12.2. The van der Waals surface area contributed by atoms with Crippen molar-refractivity contribution in [3.05, 3.63) is 28.8 Å². The number of alkyl halides is 3. The van der Waals surface area contributed by atoms with E-state index in [1.807, 2.05) is 0 Å². The number of nitriles is 1. The monoisotopic (exact) mass is 273 g/mol. The van der Waals surface area contributed by atoms with E-state index in [2.05, 4.69) is 4.74 Å². The summed E-state index contributed by atoms with van der Waals surface area (Å²) in [7, 11) is 0. The summed E-state index contributed by atoms with van der Waals surface area (Å²) in [4.78, 5) is 10.6. The number of rotatable bonds is 4. The number of aliphatic carboxylic acids is 1. The van der Waals surface area contributed by atoms with Crippen LogP contribution in [0.1, 0.15) is 23.6 Å². The number of aryl methyl sites for hydroxylation is 1. The third kappa shape index (κ3) is 4.17. The fourth-order valence-corrected chi connectivity index (χ4v) is 1.59. The molecule has 4 nitrogen and oxygen atoms in total. The van der Waals surface area contributed by atoms with Crippen LogP contribution in [-0.2, 0) is 17.6 Å². The third-order valence-corrected chi connectivity index (χ3v) is 2.36. The average Bonchev–Trinajstić information content (AvgIpc) is 2.28. The minimum absolute atomic E-state index is 0.0379. The molecule has 1 N–H and O–H groups in total. The van der Waals surface area contributed by atoms with Crippen molar-refractivity contribution in [3.8, 4) is 11.8 Å². The Morgan fingerprint density at radius 3 is 2.47 bits per heavy atom. The van der Waals surface area contributed by atoms with Crippen LogP contribution in [0.5, 0.6) is 5.75 Å². The van der Waals surface area contributed by atoms with Crippen molar-refractivity contribution in [3.63, 3.8) is 0 Å². The molecule has 0 aromatic heterocycles. The highest BCUT2D eigenvalue weighted by Crippen LogP contribution is 2.30. The molecule has 102 valence electrons. The SMILES string of the molecule is CCc1cc(CC(=O)O)c(OC(F)(F)F)cc1C#N. The summed E-state index contributed by atoms with van der Waals surface area (Å²) in [5, 5.41) is 17.5. The molecule has 0 amide bonds. The summed E-state index contributed by atoms with van der Waals surface area (Å²) in [5.41, 5.74) is 0.407. The summed E-state index contributed by atoms with van der Waals surface area (Å²) in [6.45, 7) is 1.71. The molecule has 0 aliphatic carbocycles. The predicted octanol–water partition coefficient (Wildman–Crippen LogP) is 2.65. The standard InChI is InChI=1S/C12H10F3NO3/c1-2-7-3-8(5-11(17)18)10(4-9(7)6-16)19-12(13,14)15/h3-4H,2,5H2,1H3,(H,17,18). The Hall–Kier alpha value is -2.23. The van der Waals surface area contributed by atoms with Crippen LogP contribution < -0.4 is 4.74 Å². The second kappa shape index (κ2) is 5.61. The van der Waals surface area contributed by atoms with Gasteiger partial charge in [-0.3, -0.25) is 4.79 Å². The van der Waals surface area contributed by atoms with Crippen molar-refractivity contribution in [1.29, 1.82) is 5.26 Å². The van der Waals surface area contributed by atoms with E-state index in [1.54, 1.807) is 13.0 Å². The van der Waals surface area contributed by atoms with Gasteiger partial charge in [0.1, 0.15) is 5.75 Å². The van der Waals surface area contributed by atoms with Gasteiger partial charge in [-0.05, 0) is 18.1 Å². The molecule has 0 atom stereocenters. The minimum atomic E-state index is -4.94. The maximum Gasteiger partial charge on any atom is 0.573 e.